The molecule has 2 heteroatoms. The summed E-state index contributed by atoms with van der Waals surface area (Å²) in [5, 5.41) is 0. The molecule has 0 aliphatic carbocycles. The molecule has 0 rings (SSSR count). The molecule has 82 valence electrons. The van der Waals surface area contributed by atoms with Gasteiger partial charge in [-0.1, -0.05) is 19.1 Å². The Morgan fingerprint density at radius 3 is 2.29 bits per heavy atom. The van der Waals surface area contributed by atoms with Gasteiger partial charge in [0.05, 0.1) is 6.61 Å². The Kier molecular flexibility index (Phi) is 8.10. The SMILES string of the molecule is C/C=C\C=C(\OCCC)N(CC)CC. The molecule has 0 saturated carbocycles. The largest absolute Gasteiger partial charge is 0.479 e. The fourth-order valence-electron chi connectivity index (χ4n) is 1.17. The Labute approximate surface area is 88.2 Å². The van der Waals surface area contributed by atoms with E-state index in [0.717, 1.165) is 32.0 Å². The van der Waals surface area contributed by atoms with Gasteiger partial charge in [-0.2, -0.15) is 0 Å². The van der Waals surface area contributed by atoms with Crippen LogP contribution in [-0.2, 0) is 4.74 Å². The van der Waals surface area contributed by atoms with Gasteiger partial charge in [0.15, 0.2) is 5.88 Å². The number of nitrogens with zero attached hydrogens (tertiary/aromatic N) is 1. The van der Waals surface area contributed by atoms with Crippen LogP contribution in [0.2, 0.25) is 0 Å². The Balaban J connectivity index is 4.35. The van der Waals surface area contributed by atoms with Crippen molar-refractivity contribution in [2.45, 2.75) is 34.1 Å². The zero-order chi connectivity index (χ0) is 10.8. The van der Waals surface area contributed by atoms with Crippen LogP contribution in [0.25, 0.3) is 0 Å². The van der Waals surface area contributed by atoms with Crippen LogP contribution in [0.1, 0.15) is 34.1 Å². The lowest BCUT2D eigenvalue weighted by atomic mass is 10.4. The Bertz CT molecular complexity index is 181. The van der Waals surface area contributed by atoms with Crippen LogP contribution in [0.3, 0.4) is 0 Å². The van der Waals surface area contributed by atoms with E-state index in [2.05, 4.69) is 25.7 Å². The second kappa shape index (κ2) is 8.67. The lowest BCUT2D eigenvalue weighted by Crippen LogP contribution is -2.24. The predicted octanol–water partition coefficient (Wildman–Crippen LogP) is 3.17. The van der Waals surface area contributed by atoms with Gasteiger partial charge in [-0.15, -0.1) is 0 Å². The molecule has 0 aliphatic heterocycles. The van der Waals surface area contributed by atoms with Crippen LogP contribution in [-0.4, -0.2) is 24.6 Å². The van der Waals surface area contributed by atoms with E-state index >= 15 is 0 Å². The second-order valence-corrected chi connectivity index (χ2v) is 3.05. The first-order chi connectivity index (χ1) is 6.79. The maximum atomic E-state index is 5.67. The molecule has 0 aromatic carbocycles. The summed E-state index contributed by atoms with van der Waals surface area (Å²) in [5.41, 5.74) is 0. The molecule has 0 N–H and O–H groups in total. The smallest absolute Gasteiger partial charge is 0.189 e. The molecule has 0 aromatic heterocycles. The van der Waals surface area contributed by atoms with E-state index in [1.54, 1.807) is 0 Å². The van der Waals surface area contributed by atoms with Crippen molar-refractivity contribution in [3.63, 3.8) is 0 Å². The zero-order valence-electron chi connectivity index (χ0n) is 9.92. The first-order valence-electron chi connectivity index (χ1n) is 5.50. The Hall–Kier alpha value is -0.920. The summed E-state index contributed by atoms with van der Waals surface area (Å²) in [7, 11) is 0. The maximum absolute atomic E-state index is 5.67. The molecule has 0 spiro atoms. The van der Waals surface area contributed by atoms with Gasteiger partial charge in [-0.05, 0) is 33.3 Å². The summed E-state index contributed by atoms with van der Waals surface area (Å²) in [6, 6.07) is 0. The Morgan fingerprint density at radius 1 is 1.21 bits per heavy atom. The molecule has 0 fully saturated rings. The number of allylic oxidation sites excluding steroid dienone is 3. The molecule has 0 radical (unpaired) electrons. The van der Waals surface area contributed by atoms with E-state index in [9.17, 15) is 0 Å². The highest BCUT2D eigenvalue weighted by atomic mass is 16.5. The highest BCUT2D eigenvalue weighted by molar-refractivity contribution is 5.06. The quantitative estimate of drug-likeness (QED) is 0.459. The van der Waals surface area contributed by atoms with E-state index in [0.29, 0.717) is 0 Å². The van der Waals surface area contributed by atoms with Crippen molar-refractivity contribution in [1.29, 1.82) is 0 Å². The molecule has 2 nitrogen and oxygen atoms in total. The third-order valence-electron chi connectivity index (χ3n) is 1.96. The first kappa shape index (κ1) is 13.1. The molecular weight excluding hydrogens is 174 g/mol. The average Bonchev–Trinajstić information content (AvgIpc) is 2.22. The number of hydrogen-bond acceptors (Lipinski definition) is 2. The highest BCUT2D eigenvalue weighted by Crippen LogP contribution is 2.06. The van der Waals surface area contributed by atoms with Gasteiger partial charge in [-0.25, -0.2) is 0 Å². The predicted molar refractivity (Wildman–Crippen MR) is 62.1 cm³/mol. The average molecular weight is 197 g/mol. The number of ether oxygens (including phenoxy) is 1. The molecule has 0 amide bonds. The minimum atomic E-state index is 0.792. The fourth-order valence-corrected chi connectivity index (χ4v) is 1.17. The van der Waals surface area contributed by atoms with Crippen LogP contribution < -0.4 is 0 Å². The summed E-state index contributed by atoms with van der Waals surface area (Å²) in [4.78, 5) is 2.22. The summed E-state index contributed by atoms with van der Waals surface area (Å²) < 4.78 is 5.67. The molecule has 0 bridgehead atoms. The van der Waals surface area contributed by atoms with Crippen LogP contribution in [0.5, 0.6) is 0 Å². The molecule has 0 heterocycles. The lowest BCUT2D eigenvalue weighted by molar-refractivity contribution is 0.119. The van der Waals surface area contributed by atoms with Crippen molar-refractivity contribution < 1.29 is 4.74 Å². The second-order valence-electron chi connectivity index (χ2n) is 3.05. The molecule has 0 aromatic rings. The minimum absolute atomic E-state index is 0.792. The van der Waals surface area contributed by atoms with Crippen molar-refractivity contribution in [2.24, 2.45) is 0 Å². The highest BCUT2D eigenvalue weighted by Gasteiger charge is 2.04. The van der Waals surface area contributed by atoms with Crippen molar-refractivity contribution >= 4 is 0 Å². The van der Waals surface area contributed by atoms with Gasteiger partial charge < -0.3 is 9.64 Å². The van der Waals surface area contributed by atoms with Gasteiger partial charge in [0, 0.05) is 13.1 Å². The number of hydrogen-bond donors (Lipinski definition) is 0. The van der Waals surface area contributed by atoms with Crippen LogP contribution >= 0.6 is 0 Å². The zero-order valence-corrected chi connectivity index (χ0v) is 9.92. The minimum Gasteiger partial charge on any atom is -0.479 e. The van der Waals surface area contributed by atoms with E-state index in [4.69, 9.17) is 4.74 Å². The van der Waals surface area contributed by atoms with Crippen LogP contribution in [0, 0.1) is 0 Å². The van der Waals surface area contributed by atoms with Crippen LogP contribution in [0.4, 0.5) is 0 Å². The molecule has 0 saturated heterocycles. The van der Waals surface area contributed by atoms with Gasteiger partial charge in [0.1, 0.15) is 0 Å². The van der Waals surface area contributed by atoms with Crippen LogP contribution in [0.15, 0.2) is 24.1 Å². The van der Waals surface area contributed by atoms with Gasteiger partial charge in [0.2, 0.25) is 0 Å². The number of rotatable bonds is 7. The summed E-state index contributed by atoms with van der Waals surface area (Å²) in [6.45, 7) is 11.2. The molecule has 0 unspecified atom stereocenters. The monoisotopic (exact) mass is 197 g/mol. The third-order valence-corrected chi connectivity index (χ3v) is 1.96. The topological polar surface area (TPSA) is 12.5 Å². The first-order valence-corrected chi connectivity index (χ1v) is 5.50. The van der Waals surface area contributed by atoms with E-state index < -0.39 is 0 Å². The normalized spacial score (nSPS) is 12.1. The maximum Gasteiger partial charge on any atom is 0.189 e. The van der Waals surface area contributed by atoms with E-state index in [1.165, 1.54) is 0 Å². The van der Waals surface area contributed by atoms with Crippen molar-refractivity contribution in [1.82, 2.24) is 4.90 Å². The van der Waals surface area contributed by atoms with Crippen molar-refractivity contribution in [3.05, 3.63) is 24.1 Å². The van der Waals surface area contributed by atoms with Crippen molar-refractivity contribution in [3.8, 4) is 0 Å². The van der Waals surface area contributed by atoms with Gasteiger partial charge in [-0.3, -0.25) is 0 Å². The molecule has 14 heavy (non-hydrogen) atoms. The molecule has 0 aliphatic rings. The van der Waals surface area contributed by atoms with Crippen molar-refractivity contribution in [2.75, 3.05) is 19.7 Å². The lowest BCUT2D eigenvalue weighted by Gasteiger charge is -2.23. The standard InChI is InChI=1S/C12H23NO/c1-5-9-10-12(14-11-6-2)13(7-3)8-4/h5,9-10H,6-8,11H2,1-4H3/b9-5-,12-10+. The third kappa shape index (κ3) is 4.95. The molecule has 0 atom stereocenters. The van der Waals surface area contributed by atoms with E-state index in [-0.39, 0.29) is 0 Å². The summed E-state index contributed by atoms with van der Waals surface area (Å²) >= 11 is 0. The van der Waals surface area contributed by atoms with Gasteiger partial charge in [0.25, 0.3) is 0 Å². The Morgan fingerprint density at radius 2 is 1.86 bits per heavy atom. The fraction of sp³-hybridized carbons (Fsp3) is 0.667. The van der Waals surface area contributed by atoms with E-state index in [1.807, 2.05) is 25.2 Å². The summed E-state index contributed by atoms with van der Waals surface area (Å²) in [5.74, 6) is 0.981. The summed E-state index contributed by atoms with van der Waals surface area (Å²) in [6.07, 6.45) is 7.11. The van der Waals surface area contributed by atoms with Gasteiger partial charge >= 0.3 is 0 Å². The molecular formula is C12H23NO.